The summed E-state index contributed by atoms with van der Waals surface area (Å²) in [5.74, 6) is 1.12. The van der Waals surface area contributed by atoms with Gasteiger partial charge in [0.15, 0.2) is 0 Å². The van der Waals surface area contributed by atoms with Crippen molar-refractivity contribution in [2.24, 2.45) is 15.3 Å². The van der Waals surface area contributed by atoms with Crippen molar-refractivity contribution in [3.63, 3.8) is 0 Å². The van der Waals surface area contributed by atoms with E-state index in [1.165, 1.54) is 127 Å². The van der Waals surface area contributed by atoms with Crippen molar-refractivity contribution in [2.45, 2.75) is 0 Å². The SMILES string of the molecule is C1CN2CCN1CC2.ClCCBr.[N-]=[N+]=NCCCl.[N-]=[N+]=NCC[N+]12CCN(CC1)CC2.[N-]=[N+]=NCC[N+]12CCN(CC1)CC2. The molecule has 18 heteroatoms. The number of halogens is 3. The summed E-state index contributed by atoms with van der Waals surface area (Å²) in [6.07, 6.45) is 0. The highest BCUT2D eigenvalue weighted by molar-refractivity contribution is 9.09. The van der Waals surface area contributed by atoms with Gasteiger partial charge < -0.3 is 8.97 Å². The Bertz CT molecular complexity index is 816. The van der Waals surface area contributed by atoms with Crippen molar-refractivity contribution in [1.82, 2.24) is 19.6 Å². The molecule has 0 aliphatic carbocycles. The van der Waals surface area contributed by atoms with Gasteiger partial charge in [-0.25, -0.2) is 0 Å². The maximum Gasteiger partial charge on any atom is 0.0916 e. The zero-order chi connectivity index (χ0) is 31.9. The minimum absolute atomic E-state index is 0.387. The van der Waals surface area contributed by atoms with Gasteiger partial charge in [0.25, 0.3) is 0 Å². The normalized spacial score (nSPS) is 31.7. The molecule has 0 atom stereocenters. The number of rotatable bonds is 9. The van der Waals surface area contributed by atoms with E-state index in [0.29, 0.717) is 31.4 Å². The first-order valence-electron chi connectivity index (χ1n) is 15.8. The summed E-state index contributed by atoms with van der Waals surface area (Å²) in [5, 5.41) is 11.3. The topological polar surface area (TPSA) is 159 Å². The molecule has 0 aromatic heterocycles. The third kappa shape index (κ3) is 14.9. The minimum Gasteiger partial charge on any atom is -0.320 e. The molecule has 0 aromatic carbocycles. The number of piperazine rings is 9. The predicted octanol–water partition coefficient (Wildman–Crippen LogP) is 3.66. The molecule has 0 unspecified atom stereocenters. The second kappa shape index (κ2) is 23.1. The second-order valence-corrected chi connectivity index (χ2v) is 13.3. The van der Waals surface area contributed by atoms with Crippen LogP contribution in [0.25, 0.3) is 31.3 Å². The van der Waals surface area contributed by atoms with E-state index in [4.69, 9.17) is 39.8 Å². The van der Waals surface area contributed by atoms with Crippen LogP contribution in [0.5, 0.6) is 0 Å². The fourth-order valence-electron chi connectivity index (χ4n) is 6.34. The molecule has 0 aromatic rings. The van der Waals surface area contributed by atoms with E-state index in [1.54, 1.807) is 0 Å². The smallest absolute Gasteiger partial charge is 0.0916 e. The predicted molar refractivity (Wildman–Crippen MR) is 182 cm³/mol. The molecule has 9 saturated heterocycles. The molecule has 0 spiro atoms. The van der Waals surface area contributed by atoms with Gasteiger partial charge in [-0.05, 0) is 16.6 Å². The summed E-state index contributed by atoms with van der Waals surface area (Å²) in [5.41, 5.74) is 24.0. The van der Waals surface area contributed by atoms with Crippen LogP contribution in [0.2, 0.25) is 0 Å². The third-order valence-electron chi connectivity index (χ3n) is 9.34. The van der Waals surface area contributed by atoms with Crippen LogP contribution < -0.4 is 0 Å². The maximum atomic E-state index is 8.21. The van der Waals surface area contributed by atoms with Gasteiger partial charge in [-0.2, -0.15) is 0 Å². The zero-order valence-electron chi connectivity index (χ0n) is 26.2. The summed E-state index contributed by atoms with van der Waals surface area (Å²) in [7, 11) is 0. The molecule has 6 bridgehead atoms. The summed E-state index contributed by atoms with van der Waals surface area (Å²) in [6.45, 7) is 26.6. The molecule has 0 amide bonds. The van der Waals surface area contributed by atoms with Gasteiger partial charge in [0.2, 0.25) is 0 Å². The van der Waals surface area contributed by atoms with Crippen LogP contribution in [0.15, 0.2) is 15.3 Å². The van der Waals surface area contributed by atoms with Gasteiger partial charge in [0.1, 0.15) is 0 Å². The molecule has 44 heavy (non-hydrogen) atoms. The molecule has 0 N–H and O–H groups in total. The quantitative estimate of drug-likeness (QED) is 0.117. The summed E-state index contributed by atoms with van der Waals surface area (Å²) in [4.78, 5) is 18.2. The Labute approximate surface area is 281 Å². The van der Waals surface area contributed by atoms with Crippen molar-refractivity contribution in [3.05, 3.63) is 31.3 Å². The monoisotopic (exact) mass is 723 g/mol. The van der Waals surface area contributed by atoms with E-state index in [1.807, 2.05) is 0 Å². The first kappa shape index (κ1) is 38.9. The van der Waals surface area contributed by atoms with Crippen molar-refractivity contribution in [3.8, 4) is 0 Å². The lowest BCUT2D eigenvalue weighted by Crippen LogP contribution is -2.67. The Morgan fingerprint density at radius 1 is 0.500 bits per heavy atom. The third-order valence-corrected chi connectivity index (χ3v) is 10.5. The van der Waals surface area contributed by atoms with E-state index in [2.05, 4.69) is 65.6 Å². The Morgan fingerprint density at radius 2 is 0.773 bits per heavy atom. The van der Waals surface area contributed by atoms with E-state index >= 15 is 0 Å². The molecule has 0 saturated carbocycles. The average molecular weight is 726 g/mol. The Kier molecular flexibility index (Phi) is 20.5. The van der Waals surface area contributed by atoms with Crippen LogP contribution in [0, 0.1) is 0 Å². The van der Waals surface area contributed by atoms with Crippen molar-refractivity contribution < 1.29 is 8.97 Å². The lowest BCUT2D eigenvalue weighted by molar-refractivity contribution is -0.939. The number of azide groups is 3. The highest BCUT2D eigenvalue weighted by Gasteiger charge is 2.38. The van der Waals surface area contributed by atoms with Gasteiger partial charge in [0.05, 0.1) is 65.4 Å². The van der Waals surface area contributed by atoms with Crippen LogP contribution in [0.4, 0.5) is 0 Å². The van der Waals surface area contributed by atoms with Gasteiger partial charge in [0, 0.05) is 117 Å². The number of hydrogen-bond acceptors (Lipinski definition) is 7. The van der Waals surface area contributed by atoms with Crippen LogP contribution >= 0.6 is 39.1 Å². The van der Waals surface area contributed by atoms with Crippen molar-refractivity contribution in [2.75, 3.05) is 168 Å². The molecule has 15 nitrogen and oxygen atoms in total. The molecule has 0 radical (unpaired) electrons. The van der Waals surface area contributed by atoms with E-state index in [0.717, 1.165) is 18.4 Å². The van der Waals surface area contributed by atoms with E-state index in [-0.39, 0.29) is 0 Å². The standard InChI is InChI=1S/2C8H16N5.C6H12N2.C2H4BrCl.C2H4ClN3/c2*9-11-10-1-5-13-6-2-12(3-7-13)4-8-13;1-2-8-5-3-7(1)4-6-8;3-1-2-4;3-1-2-5-6-4/h2*1-8H2;1-6H2;1-2H2;1-2H2/q2*+1;;;. The lowest BCUT2D eigenvalue weighted by atomic mass is 10.1. The molecule has 9 fully saturated rings. The van der Waals surface area contributed by atoms with Gasteiger partial charge >= 0.3 is 0 Å². The summed E-state index contributed by atoms with van der Waals surface area (Å²) < 4.78 is 2.38. The van der Waals surface area contributed by atoms with Crippen LogP contribution in [-0.2, 0) is 0 Å². The van der Waals surface area contributed by atoms with Crippen molar-refractivity contribution >= 4 is 39.1 Å². The van der Waals surface area contributed by atoms with Crippen molar-refractivity contribution in [1.29, 1.82) is 0 Å². The average Bonchev–Trinajstić information content (AvgIpc) is 3.11. The van der Waals surface area contributed by atoms with Gasteiger partial charge in [-0.3, -0.25) is 19.6 Å². The Morgan fingerprint density at radius 3 is 0.977 bits per heavy atom. The summed E-state index contributed by atoms with van der Waals surface area (Å²) >= 11 is 13.4. The number of quaternary nitrogens is 2. The fourth-order valence-corrected chi connectivity index (χ4v) is 6.41. The largest absolute Gasteiger partial charge is 0.320 e. The highest BCUT2D eigenvalue weighted by Crippen LogP contribution is 2.19. The number of fused-ring (bicyclic) bond motifs is 9. The van der Waals surface area contributed by atoms with Crippen LogP contribution in [-0.4, -0.2) is 196 Å². The zero-order valence-corrected chi connectivity index (χ0v) is 29.3. The Hall–Kier alpha value is -1.25. The van der Waals surface area contributed by atoms with Crippen LogP contribution in [0.1, 0.15) is 0 Å². The number of alkyl halides is 3. The van der Waals surface area contributed by atoms with Gasteiger partial charge in [-0.1, -0.05) is 31.3 Å². The Balaban J connectivity index is 0.000000204. The molecular formula is C26H52BrCl2N15+2. The lowest BCUT2D eigenvalue weighted by Gasteiger charge is -2.50. The first-order valence-corrected chi connectivity index (χ1v) is 18.0. The maximum absolute atomic E-state index is 8.21. The summed E-state index contributed by atoms with van der Waals surface area (Å²) in [6, 6.07) is 0. The molecule has 9 aliphatic rings. The number of nitrogens with zero attached hydrogens (tertiary/aromatic N) is 15. The first-order chi connectivity index (χ1) is 21.5. The molecule has 250 valence electrons. The van der Waals surface area contributed by atoms with E-state index < -0.39 is 0 Å². The minimum atomic E-state index is 0.387. The fraction of sp³-hybridized carbons (Fsp3) is 1.00. The number of hydrogen-bond donors (Lipinski definition) is 0. The molecular weight excluding hydrogens is 673 g/mol. The molecule has 9 aliphatic heterocycles. The molecule has 9 rings (SSSR count). The van der Waals surface area contributed by atoms with E-state index in [9.17, 15) is 0 Å². The highest BCUT2D eigenvalue weighted by atomic mass is 79.9. The van der Waals surface area contributed by atoms with Crippen LogP contribution in [0.3, 0.4) is 0 Å². The van der Waals surface area contributed by atoms with Gasteiger partial charge in [-0.15, -0.1) is 23.2 Å². The molecule has 9 heterocycles. The second-order valence-electron chi connectivity index (χ2n) is 11.8.